The van der Waals surface area contributed by atoms with Crippen molar-refractivity contribution in [2.75, 3.05) is 11.9 Å². The molecular weight excluding hydrogens is 278 g/mol. The fraction of sp³-hybridized carbons (Fsp3) is 0.333. The van der Waals surface area contributed by atoms with Crippen molar-refractivity contribution in [3.63, 3.8) is 0 Å². The Bertz CT molecular complexity index is 739. The first-order chi connectivity index (χ1) is 10.7. The molecule has 1 aromatic heterocycles. The predicted molar refractivity (Wildman–Crippen MR) is 83.3 cm³/mol. The molecule has 1 aromatic carbocycles. The average molecular weight is 295 g/mol. The number of nitrogens with zero attached hydrogens (tertiary/aromatic N) is 5. The Balaban J connectivity index is 1.55. The van der Waals surface area contributed by atoms with Gasteiger partial charge in [0.05, 0.1) is 13.1 Å². The van der Waals surface area contributed by atoms with E-state index in [4.69, 9.17) is 11.0 Å². The molecule has 0 spiro atoms. The van der Waals surface area contributed by atoms with Crippen LogP contribution in [0.15, 0.2) is 29.5 Å². The topological polar surface area (TPSA) is 105 Å². The normalized spacial score (nSPS) is 13.7. The Morgan fingerprint density at radius 1 is 1.41 bits per heavy atom. The lowest BCUT2D eigenvalue weighted by Crippen LogP contribution is -2.23. The van der Waals surface area contributed by atoms with Crippen molar-refractivity contribution in [1.82, 2.24) is 14.8 Å². The van der Waals surface area contributed by atoms with Crippen LogP contribution in [0.25, 0.3) is 0 Å². The zero-order valence-corrected chi connectivity index (χ0v) is 12.2. The van der Waals surface area contributed by atoms with E-state index in [1.54, 1.807) is 4.68 Å². The van der Waals surface area contributed by atoms with E-state index < -0.39 is 0 Å². The fourth-order valence-corrected chi connectivity index (χ4v) is 2.56. The van der Waals surface area contributed by atoms with E-state index in [0.29, 0.717) is 19.0 Å². The van der Waals surface area contributed by atoms with E-state index in [-0.39, 0.29) is 5.82 Å². The van der Waals surface area contributed by atoms with Gasteiger partial charge in [0.15, 0.2) is 5.96 Å². The van der Waals surface area contributed by atoms with Crippen molar-refractivity contribution in [1.29, 1.82) is 5.26 Å². The number of nitrogens with two attached hydrogens (primary N) is 1. The molecule has 0 fully saturated rings. The number of nitrogens with one attached hydrogen (secondary N) is 1. The van der Waals surface area contributed by atoms with Crippen molar-refractivity contribution < 1.29 is 0 Å². The monoisotopic (exact) mass is 295 g/mol. The summed E-state index contributed by atoms with van der Waals surface area (Å²) in [5.74, 6) is 0.534. The van der Waals surface area contributed by atoms with Gasteiger partial charge in [-0.05, 0) is 42.5 Å². The van der Waals surface area contributed by atoms with Gasteiger partial charge in [-0.2, -0.15) is 5.26 Å². The molecule has 22 heavy (non-hydrogen) atoms. The van der Waals surface area contributed by atoms with Crippen LogP contribution in [0.5, 0.6) is 0 Å². The maximum Gasteiger partial charge on any atom is 0.252 e. The third-order valence-electron chi connectivity index (χ3n) is 3.62. The number of guanidine groups is 1. The van der Waals surface area contributed by atoms with Gasteiger partial charge in [0.2, 0.25) is 0 Å². The molecule has 0 saturated heterocycles. The van der Waals surface area contributed by atoms with E-state index in [9.17, 15) is 0 Å². The van der Waals surface area contributed by atoms with Gasteiger partial charge >= 0.3 is 0 Å². The van der Waals surface area contributed by atoms with Crippen molar-refractivity contribution >= 4 is 11.6 Å². The Morgan fingerprint density at radius 3 is 3.09 bits per heavy atom. The van der Waals surface area contributed by atoms with Crippen LogP contribution in [0.4, 0.5) is 5.69 Å². The van der Waals surface area contributed by atoms with Gasteiger partial charge in [-0.15, -0.1) is 5.10 Å². The third kappa shape index (κ3) is 3.23. The summed E-state index contributed by atoms with van der Waals surface area (Å²) in [4.78, 5) is 8.08. The van der Waals surface area contributed by atoms with Crippen LogP contribution in [0.2, 0.25) is 0 Å². The summed E-state index contributed by atoms with van der Waals surface area (Å²) in [6, 6.07) is 8.20. The van der Waals surface area contributed by atoms with Crippen molar-refractivity contribution in [2.24, 2.45) is 10.7 Å². The second-order valence-electron chi connectivity index (χ2n) is 5.17. The molecule has 1 aliphatic rings. The molecule has 7 nitrogen and oxygen atoms in total. The lowest BCUT2D eigenvalue weighted by atomic mass is 10.1. The number of hydrogen-bond acceptors (Lipinski definition) is 4. The van der Waals surface area contributed by atoms with Crippen LogP contribution in [-0.2, 0) is 19.4 Å². The summed E-state index contributed by atoms with van der Waals surface area (Å²) in [5, 5.41) is 15.7. The summed E-state index contributed by atoms with van der Waals surface area (Å²) in [5.41, 5.74) is 9.68. The molecular formula is C15H17N7. The van der Waals surface area contributed by atoms with Crippen LogP contribution in [-0.4, -0.2) is 27.3 Å². The molecule has 0 aliphatic heterocycles. The number of hydrogen-bond donors (Lipinski definition) is 2. The first-order valence-corrected chi connectivity index (χ1v) is 7.23. The molecule has 3 N–H and O–H groups in total. The fourth-order valence-electron chi connectivity index (χ4n) is 2.56. The van der Waals surface area contributed by atoms with E-state index in [0.717, 1.165) is 12.1 Å². The highest BCUT2D eigenvalue weighted by Crippen LogP contribution is 2.24. The van der Waals surface area contributed by atoms with Crippen molar-refractivity contribution in [3.05, 3.63) is 41.5 Å². The zero-order chi connectivity index (χ0) is 15.4. The number of benzene rings is 1. The first kappa shape index (κ1) is 14.1. The van der Waals surface area contributed by atoms with E-state index in [2.05, 4.69) is 32.5 Å². The highest BCUT2D eigenvalue weighted by atomic mass is 15.3. The average Bonchev–Trinajstić information content (AvgIpc) is 3.15. The summed E-state index contributed by atoms with van der Waals surface area (Å²) in [6.07, 6.45) is 5.04. The van der Waals surface area contributed by atoms with Gasteiger partial charge < -0.3 is 11.1 Å². The van der Waals surface area contributed by atoms with Crippen LogP contribution in [0.3, 0.4) is 0 Å². The number of aryl methyl sites for hydroxylation is 2. The first-order valence-electron chi connectivity index (χ1n) is 7.23. The second-order valence-corrected chi connectivity index (χ2v) is 5.17. The molecule has 2 aromatic rings. The van der Waals surface area contributed by atoms with Gasteiger partial charge in [0, 0.05) is 5.69 Å². The molecule has 1 aliphatic carbocycles. The van der Waals surface area contributed by atoms with Crippen molar-refractivity contribution in [2.45, 2.75) is 25.8 Å². The molecule has 1 heterocycles. The number of aromatic nitrogens is 3. The van der Waals surface area contributed by atoms with Gasteiger partial charge in [-0.25, -0.2) is 9.67 Å². The van der Waals surface area contributed by atoms with E-state index >= 15 is 0 Å². The Morgan fingerprint density at radius 2 is 2.27 bits per heavy atom. The molecule has 0 radical (unpaired) electrons. The van der Waals surface area contributed by atoms with Crippen LogP contribution in [0, 0.1) is 11.3 Å². The highest BCUT2D eigenvalue weighted by Gasteiger charge is 2.10. The summed E-state index contributed by atoms with van der Waals surface area (Å²) < 4.78 is 1.57. The third-order valence-corrected chi connectivity index (χ3v) is 3.62. The lowest BCUT2D eigenvalue weighted by molar-refractivity contribution is 0.622. The smallest absolute Gasteiger partial charge is 0.252 e. The predicted octanol–water partition coefficient (Wildman–Crippen LogP) is 1.07. The maximum absolute atomic E-state index is 8.65. The second kappa shape index (κ2) is 6.26. The number of nitriles is 1. The molecule has 0 amide bonds. The molecule has 0 atom stereocenters. The van der Waals surface area contributed by atoms with Crippen LogP contribution < -0.4 is 11.1 Å². The quantitative estimate of drug-likeness (QED) is 0.648. The molecule has 3 rings (SSSR count). The molecule has 7 heteroatoms. The van der Waals surface area contributed by atoms with Gasteiger partial charge in [-0.3, -0.25) is 4.99 Å². The minimum absolute atomic E-state index is 0.160. The minimum atomic E-state index is 0.160. The molecule has 112 valence electrons. The largest absolute Gasteiger partial charge is 0.370 e. The Kier molecular flexibility index (Phi) is 4.01. The van der Waals surface area contributed by atoms with Gasteiger partial charge in [0.25, 0.3) is 5.82 Å². The summed E-state index contributed by atoms with van der Waals surface area (Å²) in [6.45, 7) is 0.999. The Hall–Kier alpha value is -2.88. The standard InChI is InChI=1S/C15H17N7/c16-9-14-19-10-22(21-14)7-6-18-15(17)20-13-5-4-11-2-1-3-12(11)8-13/h4-5,8,10H,1-3,6-7H2,(H3,17,18,20). The summed E-state index contributed by atoms with van der Waals surface area (Å²) in [7, 11) is 0. The van der Waals surface area contributed by atoms with Crippen molar-refractivity contribution in [3.8, 4) is 6.07 Å². The Labute approximate surface area is 128 Å². The minimum Gasteiger partial charge on any atom is -0.370 e. The summed E-state index contributed by atoms with van der Waals surface area (Å²) >= 11 is 0. The number of anilines is 1. The molecule has 0 saturated carbocycles. The zero-order valence-electron chi connectivity index (χ0n) is 12.2. The molecule has 0 unspecified atom stereocenters. The van der Waals surface area contributed by atoms with Crippen LogP contribution >= 0.6 is 0 Å². The van der Waals surface area contributed by atoms with Crippen LogP contribution in [0.1, 0.15) is 23.4 Å². The number of rotatable bonds is 4. The number of fused-ring (bicyclic) bond motifs is 1. The van der Waals surface area contributed by atoms with Gasteiger partial charge in [0.1, 0.15) is 12.4 Å². The highest BCUT2D eigenvalue weighted by molar-refractivity contribution is 5.92. The van der Waals surface area contributed by atoms with Gasteiger partial charge in [-0.1, -0.05) is 6.07 Å². The van der Waals surface area contributed by atoms with E-state index in [1.807, 2.05) is 12.1 Å². The lowest BCUT2D eigenvalue weighted by Gasteiger charge is -2.08. The maximum atomic E-state index is 8.65. The number of aliphatic imine (C=N–C) groups is 1. The molecule has 0 bridgehead atoms. The van der Waals surface area contributed by atoms with E-state index in [1.165, 1.54) is 30.3 Å². The SMILES string of the molecule is N#Cc1ncn(CCN=C(N)Nc2ccc3c(c2)CCC3)n1.